The summed E-state index contributed by atoms with van der Waals surface area (Å²) in [6.07, 6.45) is 0. The fraction of sp³-hybridized carbons (Fsp3) is 0.111. The van der Waals surface area contributed by atoms with Crippen molar-refractivity contribution in [1.29, 1.82) is 0 Å². The number of imide groups is 1. The molecule has 0 heterocycles. The zero-order valence-electron chi connectivity index (χ0n) is 8.19. The molecule has 3 amide bonds. The average Bonchev–Trinajstić information content (AvgIpc) is 2.23. The largest absolute Gasteiger partial charge is 0.325 e. The highest BCUT2D eigenvalue weighted by Gasteiger charge is 2.12. The van der Waals surface area contributed by atoms with Crippen LogP contribution < -0.4 is 10.6 Å². The summed E-state index contributed by atoms with van der Waals surface area (Å²) in [4.78, 5) is 22.2. The Hall–Kier alpha value is -0.490. The lowest BCUT2D eigenvalue weighted by Gasteiger charge is -2.09. The number of benzene rings is 1. The van der Waals surface area contributed by atoms with Crippen LogP contribution in [0.2, 0.25) is 10.0 Å². The molecular formula is C9H6BrCl3N2O2. The molecule has 1 rings (SSSR count). The Balaban J connectivity index is 2.82. The van der Waals surface area contributed by atoms with Gasteiger partial charge >= 0.3 is 6.03 Å². The number of carbonyl (C=O) groups excluding carboxylic acids is 2. The Kier molecular flexibility index (Phi) is 5.52. The minimum absolute atomic E-state index is 0.219. The molecule has 92 valence electrons. The molecule has 0 radical (unpaired) electrons. The Morgan fingerprint density at radius 3 is 2.24 bits per heavy atom. The summed E-state index contributed by atoms with van der Waals surface area (Å²) >= 11 is 20.2. The van der Waals surface area contributed by atoms with Crippen LogP contribution in [-0.4, -0.2) is 17.8 Å². The van der Waals surface area contributed by atoms with Gasteiger partial charge in [0.05, 0.1) is 15.7 Å². The van der Waals surface area contributed by atoms with Crippen LogP contribution in [0.1, 0.15) is 0 Å². The highest BCUT2D eigenvalue weighted by Crippen LogP contribution is 2.33. The molecule has 0 aliphatic carbocycles. The molecule has 0 aliphatic rings. The van der Waals surface area contributed by atoms with Crippen molar-refractivity contribution < 1.29 is 9.59 Å². The molecule has 0 saturated heterocycles. The molecule has 0 aromatic heterocycles. The van der Waals surface area contributed by atoms with E-state index in [-0.39, 0.29) is 21.6 Å². The normalized spacial score (nSPS) is 9.88. The zero-order valence-corrected chi connectivity index (χ0v) is 12.0. The first-order chi connectivity index (χ1) is 7.93. The summed E-state index contributed by atoms with van der Waals surface area (Å²) in [5.74, 6) is -0.927. The van der Waals surface area contributed by atoms with Crippen molar-refractivity contribution >= 4 is 68.4 Å². The number of amides is 3. The Labute approximate surface area is 121 Å². The van der Waals surface area contributed by atoms with E-state index in [1.165, 1.54) is 0 Å². The SMILES string of the molecule is O=C(CCl)NC(=O)Nc1c(Cl)cc(Br)cc1Cl. The van der Waals surface area contributed by atoms with Crippen molar-refractivity contribution in [3.63, 3.8) is 0 Å². The second-order valence-corrected chi connectivity index (χ2v) is 4.88. The second kappa shape index (κ2) is 6.44. The molecular weight excluding hydrogens is 354 g/mol. The van der Waals surface area contributed by atoms with Gasteiger partial charge in [-0.05, 0) is 12.1 Å². The van der Waals surface area contributed by atoms with E-state index in [0.29, 0.717) is 4.47 Å². The van der Waals surface area contributed by atoms with E-state index in [1.807, 2.05) is 5.32 Å². The van der Waals surface area contributed by atoms with Crippen LogP contribution in [-0.2, 0) is 4.79 Å². The first-order valence-electron chi connectivity index (χ1n) is 4.25. The molecule has 0 aliphatic heterocycles. The highest BCUT2D eigenvalue weighted by molar-refractivity contribution is 9.10. The fourth-order valence-corrected chi connectivity index (χ4v) is 2.34. The monoisotopic (exact) mass is 358 g/mol. The van der Waals surface area contributed by atoms with Gasteiger partial charge in [0.15, 0.2) is 0 Å². The van der Waals surface area contributed by atoms with Crippen LogP contribution in [0.4, 0.5) is 10.5 Å². The lowest BCUT2D eigenvalue weighted by Crippen LogP contribution is -2.35. The molecule has 1 aromatic carbocycles. The van der Waals surface area contributed by atoms with Crippen LogP contribution >= 0.6 is 50.7 Å². The van der Waals surface area contributed by atoms with E-state index in [0.717, 1.165) is 0 Å². The number of rotatable bonds is 2. The smallest absolute Gasteiger partial charge is 0.305 e. The number of anilines is 1. The lowest BCUT2D eigenvalue weighted by molar-refractivity contribution is -0.117. The third-order valence-electron chi connectivity index (χ3n) is 1.62. The Morgan fingerprint density at radius 2 is 1.76 bits per heavy atom. The average molecular weight is 360 g/mol. The predicted molar refractivity (Wildman–Crippen MR) is 72.0 cm³/mol. The zero-order chi connectivity index (χ0) is 13.0. The van der Waals surface area contributed by atoms with Crippen LogP contribution in [0, 0.1) is 0 Å². The van der Waals surface area contributed by atoms with E-state index in [9.17, 15) is 9.59 Å². The molecule has 0 fully saturated rings. The van der Waals surface area contributed by atoms with E-state index in [2.05, 4.69) is 21.2 Å². The molecule has 2 N–H and O–H groups in total. The molecule has 0 spiro atoms. The summed E-state index contributed by atoms with van der Waals surface area (Å²) in [7, 11) is 0. The number of hydrogen-bond acceptors (Lipinski definition) is 2. The maximum absolute atomic E-state index is 11.3. The number of alkyl halides is 1. The van der Waals surface area contributed by atoms with Gasteiger partial charge in [-0.15, -0.1) is 11.6 Å². The van der Waals surface area contributed by atoms with Crippen LogP contribution in [0.25, 0.3) is 0 Å². The molecule has 0 atom stereocenters. The van der Waals surface area contributed by atoms with E-state index in [4.69, 9.17) is 34.8 Å². The molecule has 4 nitrogen and oxygen atoms in total. The summed E-state index contributed by atoms with van der Waals surface area (Å²) < 4.78 is 0.676. The Bertz CT molecular complexity index is 445. The molecule has 1 aromatic rings. The van der Waals surface area contributed by atoms with Gasteiger partial charge in [-0.1, -0.05) is 39.1 Å². The number of nitrogens with one attached hydrogen (secondary N) is 2. The molecule has 0 saturated carbocycles. The number of urea groups is 1. The topological polar surface area (TPSA) is 58.2 Å². The fourth-order valence-electron chi connectivity index (χ4n) is 0.966. The second-order valence-electron chi connectivity index (χ2n) is 2.88. The van der Waals surface area contributed by atoms with Gasteiger partial charge in [0, 0.05) is 4.47 Å². The van der Waals surface area contributed by atoms with Gasteiger partial charge in [0.25, 0.3) is 0 Å². The lowest BCUT2D eigenvalue weighted by atomic mass is 10.3. The van der Waals surface area contributed by atoms with Crippen molar-refractivity contribution in [2.24, 2.45) is 0 Å². The summed E-state index contributed by atoms with van der Waals surface area (Å²) in [5, 5.41) is 4.85. The maximum Gasteiger partial charge on any atom is 0.325 e. The van der Waals surface area contributed by atoms with E-state index < -0.39 is 11.9 Å². The standard InChI is InChI=1S/C9H6BrCl3N2O2/c10-4-1-5(12)8(6(13)2-4)15-9(17)14-7(16)3-11/h1-2H,3H2,(H2,14,15,16,17). The first-order valence-corrected chi connectivity index (χ1v) is 6.33. The predicted octanol–water partition coefficient (Wildman–Crippen LogP) is 3.64. The quantitative estimate of drug-likeness (QED) is 0.791. The van der Waals surface area contributed by atoms with Crippen molar-refractivity contribution in [2.75, 3.05) is 11.2 Å². The van der Waals surface area contributed by atoms with E-state index >= 15 is 0 Å². The molecule has 17 heavy (non-hydrogen) atoms. The van der Waals surface area contributed by atoms with Crippen LogP contribution in [0.15, 0.2) is 16.6 Å². The first kappa shape index (κ1) is 14.6. The number of hydrogen-bond donors (Lipinski definition) is 2. The van der Waals surface area contributed by atoms with Gasteiger partial charge in [0.1, 0.15) is 5.88 Å². The van der Waals surface area contributed by atoms with Gasteiger partial charge in [-0.25, -0.2) is 4.79 Å². The third kappa shape index (κ3) is 4.35. The van der Waals surface area contributed by atoms with Crippen molar-refractivity contribution in [1.82, 2.24) is 5.32 Å². The molecule has 0 bridgehead atoms. The molecule has 0 unspecified atom stereocenters. The molecule has 8 heteroatoms. The third-order valence-corrected chi connectivity index (χ3v) is 2.92. The summed E-state index contributed by atoms with van der Waals surface area (Å²) in [6, 6.07) is 2.38. The van der Waals surface area contributed by atoms with Gasteiger partial charge < -0.3 is 5.32 Å². The maximum atomic E-state index is 11.3. The van der Waals surface area contributed by atoms with Gasteiger partial charge in [0.2, 0.25) is 5.91 Å². The number of halogens is 4. The van der Waals surface area contributed by atoms with Gasteiger partial charge in [-0.3, -0.25) is 10.1 Å². The minimum atomic E-state index is -0.748. The number of carbonyl (C=O) groups is 2. The Morgan fingerprint density at radius 1 is 1.24 bits per heavy atom. The van der Waals surface area contributed by atoms with Crippen molar-refractivity contribution in [3.8, 4) is 0 Å². The highest BCUT2D eigenvalue weighted by atomic mass is 79.9. The van der Waals surface area contributed by atoms with E-state index in [1.54, 1.807) is 12.1 Å². The van der Waals surface area contributed by atoms with Gasteiger partial charge in [-0.2, -0.15) is 0 Å². The summed E-state index contributed by atoms with van der Waals surface area (Å²) in [5.41, 5.74) is 0.219. The van der Waals surface area contributed by atoms with Crippen LogP contribution in [0.3, 0.4) is 0 Å². The van der Waals surface area contributed by atoms with Crippen molar-refractivity contribution in [2.45, 2.75) is 0 Å². The summed E-state index contributed by atoms with van der Waals surface area (Å²) in [6.45, 7) is 0. The minimum Gasteiger partial charge on any atom is -0.305 e. The van der Waals surface area contributed by atoms with Crippen molar-refractivity contribution in [3.05, 3.63) is 26.7 Å². The van der Waals surface area contributed by atoms with Crippen LogP contribution in [0.5, 0.6) is 0 Å².